The van der Waals surface area contributed by atoms with Crippen molar-refractivity contribution < 1.29 is 27.1 Å². The quantitative estimate of drug-likeness (QED) is 0.670. The van der Waals surface area contributed by atoms with E-state index in [1.807, 2.05) is 0 Å². The second-order valence-electron chi connectivity index (χ2n) is 3.49. The lowest BCUT2D eigenvalue weighted by molar-refractivity contribution is -0.174. The standard InChI is InChI=1S/C11H11F4NO2/c1-2-18-10(17)11(14,15)9(16)6-3-4-7(12)8(13)5-6/h3-5,9H,2,16H2,1H3/t9-/m0/s1. The Bertz CT molecular complexity index is 451. The molecular formula is C11H11F4NO2. The average molecular weight is 265 g/mol. The highest BCUT2D eigenvalue weighted by molar-refractivity contribution is 5.78. The Kier molecular flexibility index (Phi) is 4.28. The van der Waals surface area contributed by atoms with E-state index < -0.39 is 35.1 Å². The smallest absolute Gasteiger partial charge is 0.379 e. The molecule has 1 atom stereocenters. The molecular weight excluding hydrogens is 254 g/mol. The third-order valence-electron chi connectivity index (χ3n) is 2.24. The van der Waals surface area contributed by atoms with Crippen LogP contribution in [0.5, 0.6) is 0 Å². The van der Waals surface area contributed by atoms with Crippen LogP contribution in [0.3, 0.4) is 0 Å². The van der Waals surface area contributed by atoms with Gasteiger partial charge in [0.2, 0.25) is 0 Å². The first-order valence-corrected chi connectivity index (χ1v) is 5.06. The number of benzene rings is 1. The van der Waals surface area contributed by atoms with Gasteiger partial charge in [0.15, 0.2) is 11.6 Å². The lowest BCUT2D eigenvalue weighted by Crippen LogP contribution is -2.41. The van der Waals surface area contributed by atoms with Gasteiger partial charge in [0.25, 0.3) is 0 Å². The molecule has 100 valence electrons. The van der Waals surface area contributed by atoms with Crippen molar-refractivity contribution in [1.82, 2.24) is 0 Å². The van der Waals surface area contributed by atoms with Gasteiger partial charge < -0.3 is 10.5 Å². The number of hydrogen-bond donors (Lipinski definition) is 1. The maximum atomic E-state index is 13.5. The molecule has 1 rings (SSSR count). The fourth-order valence-corrected chi connectivity index (χ4v) is 1.27. The molecule has 0 fully saturated rings. The van der Waals surface area contributed by atoms with Gasteiger partial charge in [-0.15, -0.1) is 0 Å². The number of ether oxygens (including phenoxy) is 1. The van der Waals surface area contributed by atoms with E-state index in [1.54, 1.807) is 0 Å². The Labute approximate surface area is 101 Å². The Balaban J connectivity index is 3.01. The molecule has 0 aliphatic heterocycles. The third kappa shape index (κ3) is 2.79. The van der Waals surface area contributed by atoms with Crippen molar-refractivity contribution in [3.63, 3.8) is 0 Å². The Morgan fingerprint density at radius 3 is 2.50 bits per heavy atom. The van der Waals surface area contributed by atoms with Crippen molar-refractivity contribution in [3.05, 3.63) is 35.4 Å². The van der Waals surface area contributed by atoms with E-state index in [4.69, 9.17) is 5.73 Å². The number of carbonyl (C=O) groups excluding carboxylic acids is 1. The fraction of sp³-hybridized carbons (Fsp3) is 0.364. The van der Waals surface area contributed by atoms with Gasteiger partial charge in [0.1, 0.15) is 6.04 Å². The number of nitrogens with two attached hydrogens (primary N) is 1. The second-order valence-corrected chi connectivity index (χ2v) is 3.49. The Hall–Kier alpha value is -1.63. The van der Waals surface area contributed by atoms with Crippen LogP contribution in [0, 0.1) is 11.6 Å². The molecule has 0 aliphatic rings. The summed E-state index contributed by atoms with van der Waals surface area (Å²) in [4.78, 5) is 11.0. The van der Waals surface area contributed by atoms with Crippen LogP contribution in [-0.2, 0) is 9.53 Å². The number of carbonyl (C=O) groups is 1. The molecule has 0 amide bonds. The molecule has 7 heteroatoms. The largest absolute Gasteiger partial charge is 0.462 e. The zero-order valence-electron chi connectivity index (χ0n) is 9.42. The Morgan fingerprint density at radius 2 is 2.00 bits per heavy atom. The molecule has 0 aromatic heterocycles. The Morgan fingerprint density at radius 1 is 1.39 bits per heavy atom. The highest BCUT2D eigenvalue weighted by atomic mass is 19.3. The summed E-state index contributed by atoms with van der Waals surface area (Å²) in [5.74, 6) is -8.32. The molecule has 0 unspecified atom stereocenters. The summed E-state index contributed by atoms with van der Waals surface area (Å²) in [7, 11) is 0. The monoisotopic (exact) mass is 265 g/mol. The molecule has 0 heterocycles. The van der Waals surface area contributed by atoms with Gasteiger partial charge in [-0.05, 0) is 24.6 Å². The van der Waals surface area contributed by atoms with E-state index in [2.05, 4.69) is 4.74 Å². The highest BCUT2D eigenvalue weighted by Crippen LogP contribution is 2.31. The normalized spacial score (nSPS) is 13.2. The lowest BCUT2D eigenvalue weighted by atomic mass is 10.0. The van der Waals surface area contributed by atoms with Crippen molar-refractivity contribution in [2.75, 3.05) is 6.61 Å². The van der Waals surface area contributed by atoms with E-state index in [9.17, 15) is 22.4 Å². The van der Waals surface area contributed by atoms with Gasteiger partial charge >= 0.3 is 11.9 Å². The number of esters is 1. The first-order chi connectivity index (χ1) is 8.30. The minimum Gasteiger partial charge on any atom is -0.462 e. The summed E-state index contributed by atoms with van der Waals surface area (Å²) >= 11 is 0. The third-order valence-corrected chi connectivity index (χ3v) is 2.24. The molecule has 0 saturated heterocycles. The van der Waals surface area contributed by atoms with Gasteiger partial charge in [-0.3, -0.25) is 0 Å². The number of rotatable bonds is 4. The van der Waals surface area contributed by atoms with Gasteiger partial charge in [0.05, 0.1) is 6.61 Å². The van der Waals surface area contributed by atoms with Crippen molar-refractivity contribution in [1.29, 1.82) is 0 Å². The average Bonchev–Trinajstić information content (AvgIpc) is 2.32. The van der Waals surface area contributed by atoms with Crippen molar-refractivity contribution in [2.24, 2.45) is 5.73 Å². The van der Waals surface area contributed by atoms with E-state index >= 15 is 0 Å². The van der Waals surface area contributed by atoms with Gasteiger partial charge in [-0.25, -0.2) is 13.6 Å². The molecule has 0 radical (unpaired) electrons. The van der Waals surface area contributed by atoms with Crippen LogP contribution in [-0.4, -0.2) is 18.5 Å². The van der Waals surface area contributed by atoms with Crippen LogP contribution < -0.4 is 5.73 Å². The first-order valence-electron chi connectivity index (χ1n) is 5.06. The van der Waals surface area contributed by atoms with Crippen LogP contribution in [0.25, 0.3) is 0 Å². The van der Waals surface area contributed by atoms with Crippen LogP contribution in [0.1, 0.15) is 18.5 Å². The minimum absolute atomic E-state index is 0.237. The van der Waals surface area contributed by atoms with Crippen molar-refractivity contribution >= 4 is 5.97 Å². The molecule has 1 aromatic carbocycles. The molecule has 0 spiro atoms. The van der Waals surface area contributed by atoms with E-state index in [0.29, 0.717) is 12.1 Å². The first kappa shape index (κ1) is 14.4. The molecule has 1 aromatic rings. The molecule has 0 aliphatic carbocycles. The molecule has 0 saturated carbocycles. The summed E-state index contributed by atoms with van der Waals surface area (Å²) in [5, 5.41) is 0. The van der Waals surface area contributed by atoms with E-state index in [-0.39, 0.29) is 6.61 Å². The minimum atomic E-state index is -4.01. The fourth-order valence-electron chi connectivity index (χ4n) is 1.27. The summed E-state index contributed by atoms with van der Waals surface area (Å²) in [5.41, 5.74) is 4.79. The van der Waals surface area contributed by atoms with Crippen LogP contribution >= 0.6 is 0 Å². The maximum Gasteiger partial charge on any atom is 0.379 e. The predicted octanol–water partition coefficient (Wildman–Crippen LogP) is 2.16. The van der Waals surface area contributed by atoms with Crippen LogP contribution in [0.15, 0.2) is 18.2 Å². The van der Waals surface area contributed by atoms with Gasteiger partial charge in [-0.1, -0.05) is 6.07 Å². The zero-order valence-corrected chi connectivity index (χ0v) is 9.42. The van der Waals surface area contributed by atoms with Crippen LogP contribution in [0.4, 0.5) is 17.6 Å². The zero-order chi connectivity index (χ0) is 13.9. The number of alkyl halides is 2. The molecule has 3 nitrogen and oxygen atoms in total. The maximum absolute atomic E-state index is 13.5. The van der Waals surface area contributed by atoms with Gasteiger partial charge in [0, 0.05) is 0 Å². The SMILES string of the molecule is CCOC(=O)C(F)(F)[C@@H](N)c1ccc(F)c(F)c1. The van der Waals surface area contributed by atoms with Crippen molar-refractivity contribution in [2.45, 2.75) is 18.9 Å². The van der Waals surface area contributed by atoms with Crippen molar-refractivity contribution in [3.8, 4) is 0 Å². The van der Waals surface area contributed by atoms with E-state index in [1.165, 1.54) is 6.92 Å². The highest BCUT2D eigenvalue weighted by Gasteiger charge is 2.47. The molecule has 18 heavy (non-hydrogen) atoms. The number of halogens is 4. The summed E-state index contributed by atoms with van der Waals surface area (Å²) < 4.78 is 56.7. The summed E-state index contributed by atoms with van der Waals surface area (Å²) in [6.07, 6.45) is 0. The van der Waals surface area contributed by atoms with E-state index in [0.717, 1.165) is 6.07 Å². The predicted molar refractivity (Wildman–Crippen MR) is 54.9 cm³/mol. The van der Waals surface area contributed by atoms with Crippen LogP contribution in [0.2, 0.25) is 0 Å². The van der Waals surface area contributed by atoms with Gasteiger partial charge in [-0.2, -0.15) is 8.78 Å². The molecule has 2 N–H and O–H groups in total. The summed E-state index contributed by atoms with van der Waals surface area (Å²) in [6, 6.07) is -0.0404. The second kappa shape index (κ2) is 5.34. The topological polar surface area (TPSA) is 52.3 Å². The lowest BCUT2D eigenvalue weighted by Gasteiger charge is -2.21. The number of hydrogen-bond acceptors (Lipinski definition) is 3. The molecule has 0 bridgehead atoms. The summed E-state index contributed by atoms with van der Waals surface area (Å²) in [6.45, 7) is 1.12.